The summed E-state index contributed by atoms with van der Waals surface area (Å²) in [5.74, 6) is 0.881. The van der Waals surface area contributed by atoms with Crippen molar-refractivity contribution in [2.45, 2.75) is 27.0 Å². The van der Waals surface area contributed by atoms with Gasteiger partial charge in [-0.2, -0.15) is 0 Å². The molecule has 0 bridgehead atoms. The number of halogens is 1. The van der Waals surface area contributed by atoms with Crippen molar-refractivity contribution >= 4 is 41.3 Å². The highest BCUT2D eigenvalue weighted by Crippen LogP contribution is 2.09. The number of thiazole rings is 1. The van der Waals surface area contributed by atoms with Crippen molar-refractivity contribution in [3.05, 3.63) is 52.0 Å². The molecular formula is C18H27IN4OS. The van der Waals surface area contributed by atoms with Crippen molar-refractivity contribution in [1.29, 1.82) is 0 Å². The largest absolute Gasteiger partial charge is 0.375 e. The second kappa shape index (κ2) is 12.2. The molecule has 0 spiro atoms. The first-order chi connectivity index (χ1) is 11.7. The molecular weight excluding hydrogens is 447 g/mol. The van der Waals surface area contributed by atoms with Crippen LogP contribution in [0.1, 0.15) is 23.2 Å². The number of aromatic nitrogens is 1. The van der Waals surface area contributed by atoms with Crippen LogP contribution in [0.2, 0.25) is 0 Å². The van der Waals surface area contributed by atoms with Gasteiger partial charge in [0.05, 0.1) is 37.0 Å². The Morgan fingerprint density at radius 3 is 2.72 bits per heavy atom. The number of aryl methyl sites for hydroxylation is 1. The molecule has 1 heterocycles. The van der Waals surface area contributed by atoms with Crippen LogP contribution in [-0.4, -0.2) is 42.6 Å². The molecule has 0 radical (unpaired) electrons. The molecule has 0 atom stereocenters. The fourth-order valence-electron chi connectivity index (χ4n) is 2.25. The molecule has 2 aromatic rings. The zero-order valence-corrected chi connectivity index (χ0v) is 18.2. The second-order valence-corrected chi connectivity index (χ2v) is 6.55. The number of ether oxygens (including phenoxy) is 1. The van der Waals surface area contributed by atoms with E-state index in [2.05, 4.69) is 44.6 Å². The number of hydrogen-bond donors (Lipinski definition) is 1. The van der Waals surface area contributed by atoms with E-state index in [-0.39, 0.29) is 24.0 Å². The Hall–Kier alpha value is -1.19. The van der Waals surface area contributed by atoms with Gasteiger partial charge in [0.15, 0.2) is 5.96 Å². The van der Waals surface area contributed by atoms with E-state index in [9.17, 15) is 0 Å². The molecule has 25 heavy (non-hydrogen) atoms. The molecule has 7 heteroatoms. The molecule has 0 saturated carbocycles. The summed E-state index contributed by atoms with van der Waals surface area (Å²) >= 11 is 1.68. The first-order valence-electron chi connectivity index (χ1n) is 8.21. The molecule has 0 aliphatic heterocycles. The summed E-state index contributed by atoms with van der Waals surface area (Å²) < 4.78 is 5.69. The minimum Gasteiger partial charge on any atom is -0.375 e. The Kier molecular flexibility index (Phi) is 10.7. The number of hydrogen-bond acceptors (Lipinski definition) is 4. The van der Waals surface area contributed by atoms with Crippen molar-refractivity contribution in [2.24, 2.45) is 4.99 Å². The summed E-state index contributed by atoms with van der Waals surface area (Å²) in [5, 5.41) is 6.50. The summed E-state index contributed by atoms with van der Waals surface area (Å²) in [6.07, 6.45) is 0. The third-order valence-corrected chi connectivity index (χ3v) is 4.19. The van der Waals surface area contributed by atoms with E-state index in [1.54, 1.807) is 11.3 Å². The van der Waals surface area contributed by atoms with E-state index >= 15 is 0 Å². The fraction of sp³-hybridized carbons (Fsp3) is 0.444. The van der Waals surface area contributed by atoms with E-state index in [0.717, 1.165) is 29.8 Å². The van der Waals surface area contributed by atoms with Gasteiger partial charge in [0.2, 0.25) is 0 Å². The molecule has 138 valence electrons. The summed E-state index contributed by atoms with van der Waals surface area (Å²) in [6.45, 7) is 7.55. The van der Waals surface area contributed by atoms with Gasteiger partial charge in [-0.05, 0) is 19.4 Å². The summed E-state index contributed by atoms with van der Waals surface area (Å²) in [4.78, 5) is 11.2. The van der Waals surface area contributed by atoms with Gasteiger partial charge in [-0.25, -0.2) is 4.98 Å². The molecule has 0 aliphatic carbocycles. The van der Waals surface area contributed by atoms with Crippen LogP contribution in [0.4, 0.5) is 0 Å². The molecule has 1 aromatic heterocycles. The smallest absolute Gasteiger partial charge is 0.194 e. The predicted octanol–water partition coefficient (Wildman–Crippen LogP) is 3.68. The number of nitrogens with one attached hydrogen (secondary N) is 1. The number of guanidine groups is 1. The lowest BCUT2D eigenvalue weighted by atomic mass is 10.2. The Morgan fingerprint density at radius 1 is 1.32 bits per heavy atom. The molecule has 0 fully saturated rings. The van der Waals surface area contributed by atoms with Gasteiger partial charge >= 0.3 is 0 Å². The van der Waals surface area contributed by atoms with Gasteiger partial charge in [0.25, 0.3) is 0 Å². The van der Waals surface area contributed by atoms with Gasteiger partial charge in [-0.1, -0.05) is 30.3 Å². The highest BCUT2D eigenvalue weighted by atomic mass is 127. The van der Waals surface area contributed by atoms with Crippen LogP contribution < -0.4 is 5.32 Å². The maximum atomic E-state index is 5.69. The van der Waals surface area contributed by atoms with Crippen LogP contribution >= 0.6 is 35.3 Å². The molecule has 0 aliphatic rings. The van der Waals surface area contributed by atoms with E-state index in [0.29, 0.717) is 19.8 Å². The lowest BCUT2D eigenvalue weighted by molar-refractivity contribution is 0.128. The molecule has 0 unspecified atom stereocenters. The lowest BCUT2D eigenvalue weighted by Crippen LogP contribution is -2.38. The van der Waals surface area contributed by atoms with Gasteiger partial charge in [-0.3, -0.25) is 4.99 Å². The minimum atomic E-state index is 0. The molecule has 0 saturated heterocycles. The number of benzene rings is 1. The first-order valence-corrected chi connectivity index (χ1v) is 9.09. The quantitative estimate of drug-likeness (QED) is 0.275. The number of nitrogens with zero attached hydrogens (tertiary/aromatic N) is 3. The van der Waals surface area contributed by atoms with Crippen LogP contribution in [0, 0.1) is 6.92 Å². The lowest BCUT2D eigenvalue weighted by Gasteiger charge is -2.21. The predicted molar refractivity (Wildman–Crippen MR) is 116 cm³/mol. The minimum absolute atomic E-state index is 0. The average Bonchev–Trinajstić information content (AvgIpc) is 2.99. The molecule has 0 amide bonds. The topological polar surface area (TPSA) is 49.8 Å². The van der Waals surface area contributed by atoms with Gasteiger partial charge < -0.3 is 15.0 Å². The Morgan fingerprint density at radius 2 is 2.08 bits per heavy atom. The van der Waals surface area contributed by atoms with Crippen LogP contribution in [0.5, 0.6) is 0 Å². The molecule has 1 aromatic carbocycles. The zero-order chi connectivity index (χ0) is 17.2. The Balaban J connectivity index is 0.00000312. The zero-order valence-electron chi connectivity index (χ0n) is 15.1. The van der Waals surface area contributed by atoms with Crippen molar-refractivity contribution in [2.75, 3.05) is 26.7 Å². The van der Waals surface area contributed by atoms with Crippen molar-refractivity contribution in [1.82, 2.24) is 15.2 Å². The van der Waals surface area contributed by atoms with Crippen LogP contribution in [0.15, 0.2) is 40.7 Å². The van der Waals surface area contributed by atoms with E-state index in [4.69, 9.17) is 4.74 Å². The highest BCUT2D eigenvalue weighted by molar-refractivity contribution is 14.0. The van der Waals surface area contributed by atoms with E-state index in [1.165, 1.54) is 5.56 Å². The third-order valence-electron chi connectivity index (χ3n) is 3.37. The molecule has 1 N–H and O–H groups in total. The van der Waals surface area contributed by atoms with Crippen molar-refractivity contribution in [3.8, 4) is 0 Å². The van der Waals surface area contributed by atoms with E-state index < -0.39 is 0 Å². The third kappa shape index (κ3) is 8.15. The Labute approximate surface area is 171 Å². The number of aliphatic imine (C=N–C) groups is 1. The molecule has 2 rings (SSSR count). The summed E-state index contributed by atoms with van der Waals surface area (Å²) in [6, 6.07) is 10.2. The van der Waals surface area contributed by atoms with Crippen molar-refractivity contribution in [3.63, 3.8) is 0 Å². The monoisotopic (exact) mass is 474 g/mol. The maximum Gasteiger partial charge on any atom is 0.194 e. The van der Waals surface area contributed by atoms with Crippen LogP contribution in [-0.2, 0) is 17.9 Å². The Bertz CT molecular complexity index is 633. The van der Waals surface area contributed by atoms with E-state index in [1.807, 2.05) is 32.2 Å². The van der Waals surface area contributed by atoms with Gasteiger partial charge in [0, 0.05) is 19.0 Å². The average molecular weight is 474 g/mol. The van der Waals surface area contributed by atoms with Gasteiger partial charge in [0.1, 0.15) is 0 Å². The van der Waals surface area contributed by atoms with Crippen LogP contribution in [0.25, 0.3) is 0 Å². The normalized spacial score (nSPS) is 11.1. The van der Waals surface area contributed by atoms with Gasteiger partial charge in [-0.15, -0.1) is 35.3 Å². The SMILES string of the molecule is CCNC(=NCCOCc1ccccc1)N(C)Cc1csc(C)n1.I. The maximum absolute atomic E-state index is 5.69. The fourth-order valence-corrected chi connectivity index (χ4v) is 2.85. The van der Waals surface area contributed by atoms with Crippen LogP contribution in [0.3, 0.4) is 0 Å². The van der Waals surface area contributed by atoms with Crippen molar-refractivity contribution < 1.29 is 4.74 Å². The summed E-state index contributed by atoms with van der Waals surface area (Å²) in [5.41, 5.74) is 2.26. The summed E-state index contributed by atoms with van der Waals surface area (Å²) in [7, 11) is 2.03. The molecule has 5 nitrogen and oxygen atoms in total. The number of rotatable bonds is 8. The standard InChI is InChI=1S/C18H26N4OS.HI/c1-4-19-18(22(3)12-17-14-24-15(2)21-17)20-10-11-23-13-16-8-6-5-7-9-16;/h5-9,14H,4,10-13H2,1-3H3,(H,19,20);1H. The first kappa shape index (κ1) is 21.9. The second-order valence-electron chi connectivity index (χ2n) is 5.49. The highest BCUT2D eigenvalue weighted by Gasteiger charge is 2.08.